The Hall–Kier alpha value is -1.95. The molecular formula is C19H18F3NOS. The van der Waals surface area contributed by atoms with Crippen LogP contribution in [0.25, 0.3) is 0 Å². The minimum Gasteiger partial charge on any atom is -0.342 e. The van der Waals surface area contributed by atoms with Crippen molar-refractivity contribution in [3.05, 3.63) is 71.0 Å². The maximum Gasteiger partial charge on any atom is 0.227 e. The van der Waals surface area contributed by atoms with Crippen molar-refractivity contribution in [1.29, 1.82) is 0 Å². The monoisotopic (exact) mass is 365 g/mol. The maximum atomic E-state index is 14.0. The lowest BCUT2D eigenvalue weighted by molar-refractivity contribution is -0.130. The predicted octanol–water partition coefficient (Wildman–Crippen LogP) is 4.35. The van der Waals surface area contributed by atoms with Gasteiger partial charge in [0.15, 0.2) is 0 Å². The number of halogens is 3. The van der Waals surface area contributed by atoms with Crippen molar-refractivity contribution < 1.29 is 18.0 Å². The third kappa shape index (κ3) is 4.37. The fourth-order valence-corrected chi connectivity index (χ4v) is 4.19. The molecule has 0 radical (unpaired) electrons. The van der Waals surface area contributed by atoms with Crippen LogP contribution >= 0.6 is 11.8 Å². The Morgan fingerprint density at radius 3 is 2.68 bits per heavy atom. The lowest BCUT2D eigenvalue weighted by Gasteiger charge is -2.20. The lowest BCUT2D eigenvalue weighted by Crippen LogP contribution is -2.34. The Bertz CT molecular complexity index is 768. The first-order valence-corrected chi connectivity index (χ1v) is 9.17. The minimum absolute atomic E-state index is 0.0103. The van der Waals surface area contributed by atoms with Gasteiger partial charge in [0, 0.05) is 29.7 Å². The van der Waals surface area contributed by atoms with Crippen LogP contribution in [0.15, 0.2) is 42.5 Å². The SMILES string of the molecule is O=C(Cc1ccccc1F)N1CCSC(c2cc(F)ccc2F)CC1. The van der Waals surface area contributed by atoms with Gasteiger partial charge in [0.2, 0.25) is 5.91 Å². The summed E-state index contributed by atoms with van der Waals surface area (Å²) in [6, 6.07) is 9.69. The van der Waals surface area contributed by atoms with E-state index in [1.807, 2.05) is 0 Å². The molecule has 6 heteroatoms. The summed E-state index contributed by atoms with van der Waals surface area (Å²) in [5, 5.41) is -0.193. The summed E-state index contributed by atoms with van der Waals surface area (Å²) in [7, 11) is 0. The number of carbonyl (C=O) groups is 1. The fourth-order valence-electron chi connectivity index (χ4n) is 2.95. The van der Waals surface area contributed by atoms with Gasteiger partial charge in [-0.25, -0.2) is 13.2 Å². The van der Waals surface area contributed by atoms with E-state index in [1.54, 1.807) is 23.1 Å². The third-order valence-corrected chi connectivity index (χ3v) is 5.61. The van der Waals surface area contributed by atoms with Crippen molar-refractivity contribution in [3.63, 3.8) is 0 Å². The van der Waals surface area contributed by atoms with Gasteiger partial charge in [-0.15, -0.1) is 0 Å². The summed E-state index contributed by atoms with van der Waals surface area (Å²) >= 11 is 1.52. The molecule has 1 saturated heterocycles. The van der Waals surface area contributed by atoms with Gasteiger partial charge in [-0.3, -0.25) is 4.79 Å². The normalized spacial score (nSPS) is 18.0. The summed E-state index contributed by atoms with van der Waals surface area (Å²) in [4.78, 5) is 14.1. The summed E-state index contributed by atoms with van der Waals surface area (Å²) < 4.78 is 41.1. The zero-order valence-corrected chi connectivity index (χ0v) is 14.4. The molecule has 1 unspecified atom stereocenters. The van der Waals surface area contributed by atoms with Crippen molar-refractivity contribution in [2.75, 3.05) is 18.8 Å². The number of benzene rings is 2. The van der Waals surface area contributed by atoms with Crippen molar-refractivity contribution in [3.8, 4) is 0 Å². The van der Waals surface area contributed by atoms with E-state index in [2.05, 4.69) is 0 Å². The molecule has 25 heavy (non-hydrogen) atoms. The van der Waals surface area contributed by atoms with Gasteiger partial charge in [-0.2, -0.15) is 11.8 Å². The van der Waals surface area contributed by atoms with Gasteiger partial charge < -0.3 is 4.90 Å². The molecule has 0 aromatic heterocycles. The van der Waals surface area contributed by atoms with Crippen molar-refractivity contribution >= 4 is 17.7 Å². The van der Waals surface area contributed by atoms with E-state index in [0.29, 0.717) is 36.4 Å². The second kappa shape index (κ2) is 7.95. The van der Waals surface area contributed by atoms with E-state index < -0.39 is 11.6 Å². The molecule has 0 spiro atoms. The van der Waals surface area contributed by atoms with Crippen molar-refractivity contribution in [1.82, 2.24) is 4.90 Å². The molecule has 1 heterocycles. The van der Waals surface area contributed by atoms with Crippen LogP contribution in [0.2, 0.25) is 0 Å². The lowest BCUT2D eigenvalue weighted by atomic mass is 10.1. The summed E-state index contributed by atoms with van der Waals surface area (Å²) in [5.74, 6) is -0.798. The van der Waals surface area contributed by atoms with Gasteiger partial charge in [-0.05, 0) is 36.2 Å². The number of hydrogen-bond donors (Lipinski definition) is 0. The molecule has 1 atom stereocenters. The summed E-state index contributed by atoms with van der Waals surface area (Å²) in [6.45, 7) is 0.965. The van der Waals surface area contributed by atoms with Crippen LogP contribution in [-0.2, 0) is 11.2 Å². The van der Waals surface area contributed by atoms with Crippen LogP contribution in [0, 0.1) is 17.5 Å². The summed E-state index contributed by atoms with van der Waals surface area (Å²) in [6.07, 6.45) is 0.546. The quantitative estimate of drug-likeness (QED) is 0.806. The average molecular weight is 365 g/mol. The van der Waals surface area contributed by atoms with Crippen molar-refractivity contribution in [2.24, 2.45) is 0 Å². The van der Waals surface area contributed by atoms with E-state index in [9.17, 15) is 18.0 Å². The zero-order chi connectivity index (χ0) is 17.8. The van der Waals surface area contributed by atoms with Crippen molar-refractivity contribution in [2.45, 2.75) is 18.1 Å². The van der Waals surface area contributed by atoms with Crippen LogP contribution in [0.1, 0.15) is 22.8 Å². The Kier molecular flexibility index (Phi) is 5.68. The zero-order valence-electron chi connectivity index (χ0n) is 13.6. The molecule has 132 valence electrons. The Morgan fingerprint density at radius 1 is 1.08 bits per heavy atom. The Balaban J connectivity index is 1.66. The minimum atomic E-state index is -0.464. The smallest absolute Gasteiger partial charge is 0.227 e. The van der Waals surface area contributed by atoms with Gasteiger partial charge in [-0.1, -0.05) is 18.2 Å². The molecule has 2 aromatic carbocycles. The van der Waals surface area contributed by atoms with E-state index in [0.717, 1.165) is 12.1 Å². The predicted molar refractivity (Wildman–Crippen MR) is 92.9 cm³/mol. The van der Waals surface area contributed by atoms with Crippen LogP contribution in [-0.4, -0.2) is 29.6 Å². The number of thioether (sulfide) groups is 1. The van der Waals surface area contributed by atoms with Gasteiger partial charge in [0.1, 0.15) is 17.5 Å². The van der Waals surface area contributed by atoms with E-state index >= 15 is 0 Å². The molecule has 1 aliphatic heterocycles. The van der Waals surface area contributed by atoms with E-state index in [1.165, 1.54) is 23.9 Å². The highest BCUT2D eigenvalue weighted by Gasteiger charge is 2.24. The Morgan fingerprint density at radius 2 is 1.88 bits per heavy atom. The largest absolute Gasteiger partial charge is 0.342 e. The number of nitrogens with zero attached hydrogens (tertiary/aromatic N) is 1. The fraction of sp³-hybridized carbons (Fsp3) is 0.316. The van der Waals surface area contributed by atoms with Gasteiger partial charge in [0.25, 0.3) is 0 Å². The van der Waals surface area contributed by atoms with Crippen LogP contribution in [0.5, 0.6) is 0 Å². The number of carbonyl (C=O) groups excluding carboxylic acids is 1. The highest BCUT2D eigenvalue weighted by Crippen LogP contribution is 2.36. The molecule has 1 aliphatic rings. The molecule has 1 amide bonds. The molecule has 0 bridgehead atoms. The molecule has 0 N–H and O–H groups in total. The number of amides is 1. The Labute approximate surface area is 149 Å². The number of rotatable bonds is 3. The van der Waals surface area contributed by atoms with E-state index in [-0.39, 0.29) is 23.4 Å². The van der Waals surface area contributed by atoms with Crippen LogP contribution in [0.4, 0.5) is 13.2 Å². The maximum absolute atomic E-state index is 14.0. The van der Waals surface area contributed by atoms with Crippen LogP contribution in [0.3, 0.4) is 0 Å². The first-order chi connectivity index (χ1) is 12.0. The van der Waals surface area contributed by atoms with Crippen LogP contribution < -0.4 is 0 Å². The topological polar surface area (TPSA) is 20.3 Å². The first-order valence-electron chi connectivity index (χ1n) is 8.12. The summed E-state index contributed by atoms with van der Waals surface area (Å²) in [5.41, 5.74) is 0.713. The highest BCUT2D eigenvalue weighted by molar-refractivity contribution is 7.99. The van der Waals surface area contributed by atoms with E-state index in [4.69, 9.17) is 0 Å². The van der Waals surface area contributed by atoms with Gasteiger partial charge in [0.05, 0.1) is 6.42 Å². The molecular weight excluding hydrogens is 347 g/mol. The molecule has 2 nitrogen and oxygen atoms in total. The number of hydrogen-bond acceptors (Lipinski definition) is 2. The highest BCUT2D eigenvalue weighted by atomic mass is 32.2. The molecule has 0 saturated carbocycles. The molecule has 0 aliphatic carbocycles. The molecule has 2 aromatic rings. The molecule has 3 rings (SSSR count). The third-order valence-electron chi connectivity index (χ3n) is 4.30. The second-order valence-corrected chi connectivity index (χ2v) is 7.27. The van der Waals surface area contributed by atoms with Gasteiger partial charge >= 0.3 is 0 Å². The average Bonchev–Trinajstić information content (AvgIpc) is 2.85. The molecule has 1 fully saturated rings. The first kappa shape index (κ1) is 17.9. The standard InChI is InChI=1S/C19H18F3NOS/c20-14-5-6-17(22)15(12-14)18-7-8-23(9-10-25-18)19(24)11-13-3-1-2-4-16(13)21/h1-6,12,18H,7-11H2. The second-order valence-electron chi connectivity index (χ2n) is 5.96.